The van der Waals surface area contributed by atoms with Crippen LogP contribution in [-0.2, 0) is 0 Å². The van der Waals surface area contributed by atoms with Crippen molar-refractivity contribution >= 4 is 23.3 Å². The van der Waals surface area contributed by atoms with Crippen LogP contribution in [-0.4, -0.2) is 7.05 Å². The molecule has 0 atom stereocenters. The predicted molar refractivity (Wildman–Crippen MR) is 47.1 cm³/mol. The van der Waals surface area contributed by atoms with Crippen LogP contribution in [0.5, 0.6) is 0 Å². The van der Waals surface area contributed by atoms with E-state index in [1.54, 1.807) is 0 Å². The van der Waals surface area contributed by atoms with E-state index in [2.05, 4.69) is 5.32 Å². The smallest absolute Gasteiger partial charge is 0.296 e. The van der Waals surface area contributed by atoms with Gasteiger partial charge in [0.15, 0.2) is 0 Å². The molecule has 0 unspecified atom stereocenters. The van der Waals surface area contributed by atoms with Gasteiger partial charge in [-0.05, 0) is 0 Å². The number of hydrogen-bond acceptors (Lipinski definition) is 6. The highest BCUT2D eigenvalue weighted by atomic mass is 16.5. The summed E-state index contributed by atoms with van der Waals surface area (Å²) < 4.78 is 0.453. The third-order valence-corrected chi connectivity index (χ3v) is 1.60. The monoisotopic (exact) mass is 186 g/mol. The van der Waals surface area contributed by atoms with Gasteiger partial charge in [-0.25, -0.2) is 9.46 Å². The fraction of sp³-hybridized carbons (Fsp3) is 0.200. The first-order valence-electron chi connectivity index (χ1n) is 3.38. The summed E-state index contributed by atoms with van der Waals surface area (Å²) in [6.45, 7) is 0. The molecule has 0 saturated carbocycles. The van der Waals surface area contributed by atoms with E-state index >= 15 is 0 Å². The highest BCUT2D eigenvalue weighted by molar-refractivity contribution is 5.55. The second-order valence-electron chi connectivity index (χ2n) is 2.34. The van der Waals surface area contributed by atoms with E-state index in [0.717, 1.165) is 0 Å². The lowest BCUT2D eigenvalue weighted by molar-refractivity contribution is -0.623. The van der Waals surface area contributed by atoms with Crippen molar-refractivity contribution in [2.75, 3.05) is 29.6 Å². The largest absolute Gasteiger partial charge is 0.740 e. The zero-order valence-electron chi connectivity index (χ0n) is 6.94. The third-order valence-electron chi connectivity index (χ3n) is 1.60. The van der Waals surface area contributed by atoms with E-state index in [-0.39, 0.29) is 26.9 Å². The summed E-state index contributed by atoms with van der Waals surface area (Å²) in [5.74, 6) is -1.23. The normalized spacial score (nSPS) is 9.92. The van der Waals surface area contributed by atoms with Crippen molar-refractivity contribution in [3.63, 3.8) is 0 Å². The zero-order valence-corrected chi connectivity index (χ0v) is 6.94. The van der Waals surface area contributed by atoms with Crippen LogP contribution >= 0.6 is 0 Å². The summed E-state index contributed by atoms with van der Waals surface area (Å²) in [5, 5.41) is 24.8. The number of anilines is 4. The van der Waals surface area contributed by atoms with Crippen LogP contribution in [0.4, 0.5) is 23.3 Å². The molecule has 1 heterocycles. The third kappa shape index (κ3) is 1.08. The Hall–Kier alpha value is -2.12. The van der Waals surface area contributed by atoms with Gasteiger partial charge in [-0.3, -0.25) is 0 Å². The van der Waals surface area contributed by atoms with Gasteiger partial charge in [0.05, 0.1) is 7.05 Å². The summed E-state index contributed by atoms with van der Waals surface area (Å²) in [6, 6.07) is 0. The van der Waals surface area contributed by atoms with Gasteiger partial charge in [0, 0.05) is 0 Å². The van der Waals surface area contributed by atoms with Gasteiger partial charge in [0.2, 0.25) is 0 Å². The Balaban J connectivity index is 3.56. The Labute approximate surface area is 73.7 Å². The van der Waals surface area contributed by atoms with Crippen molar-refractivity contribution in [1.82, 2.24) is 0 Å². The van der Waals surface area contributed by atoms with Crippen molar-refractivity contribution < 1.29 is 9.46 Å². The highest BCUT2D eigenvalue weighted by Crippen LogP contribution is 2.12. The molecule has 0 saturated heterocycles. The quantitative estimate of drug-likeness (QED) is 0.288. The molecule has 72 valence electrons. The first-order valence-corrected chi connectivity index (χ1v) is 3.38. The van der Waals surface area contributed by atoms with Crippen molar-refractivity contribution in [2.24, 2.45) is 0 Å². The maximum Gasteiger partial charge on any atom is 0.296 e. The van der Waals surface area contributed by atoms with Crippen LogP contribution in [0.1, 0.15) is 0 Å². The molecule has 7 N–H and O–H groups in total. The number of nitrogen functional groups attached to an aromatic ring is 3. The van der Waals surface area contributed by atoms with Gasteiger partial charge in [0.25, 0.3) is 23.3 Å². The molecule has 1 rings (SSSR count). The molecule has 1 aromatic rings. The zero-order chi connectivity index (χ0) is 10.2. The maximum absolute atomic E-state index is 11.2. The number of nitrogens with two attached hydrogens (primary N) is 3. The van der Waals surface area contributed by atoms with E-state index in [9.17, 15) is 10.4 Å². The average molecular weight is 186 g/mol. The molecular weight excluding hydrogens is 176 g/mol. The van der Waals surface area contributed by atoms with E-state index in [0.29, 0.717) is 0 Å². The average Bonchev–Trinajstić information content (AvgIpc) is 2.13. The van der Waals surface area contributed by atoms with Gasteiger partial charge in [0.1, 0.15) is 0 Å². The van der Waals surface area contributed by atoms with Crippen molar-refractivity contribution in [2.45, 2.75) is 0 Å². The van der Waals surface area contributed by atoms with Crippen LogP contribution in [0.15, 0.2) is 0 Å². The summed E-state index contributed by atoms with van der Waals surface area (Å²) in [4.78, 5) is 0. The Morgan fingerprint density at radius 3 is 1.92 bits per heavy atom. The molecule has 0 aliphatic heterocycles. The van der Waals surface area contributed by atoms with Crippen molar-refractivity contribution in [1.29, 1.82) is 0 Å². The fourth-order valence-electron chi connectivity index (χ4n) is 0.888. The number of rotatable bonds is 1. The van der Waals surface area contributed by atoms with Crippen LogP contribution < -0.4 is 32.0 Å². The molecule has 0 aromatic carbocycles. The summed E-state index contributed by atoms with van der Waals surface area (Å²) in [7, 11) is 1.44. The van der Waals surface area contributed by atoms with Crippen molar-refractivity contribution in [3.8, 4) is 0 Å². The Bertz CT molecular complexity index is 322. The second kappa shape index (κ2) is 2.73. The minimum atomic E-state index is -0.411. The van der Waals surface area contributed by atoms with Crippen LogP contribution in [0.3, 0.4) is 0 Å². The first-order chi connectivity index (χ1) is 6.00. The standard InChI is InChI=1S/C5H10N6O2/c1-9-5-4(8)10(12)2(6)3(7)11(5)13/h9H,6-8H2,1H3. The molecule has 0 spiro atoms. The minimum absolute atomic E-state index is 0.123. The molecule has 0 aliphatic carbocycles. The van der Waals surface area contributed by atoms with Crippen LogP contribution in [0.2, 0.25) is 0 Å². The Morgan fingerprint density at radius 2 is 1.46 bits per heavy atom. The minimum Gasteiger partial charge on any atom is -0.740 e. The number of aromatic nitrogens is 2. The molecule has 0 radical (unpaired) electrons. The van der Waals surface area contributed by atoms with E-state index in [1.807, 2.05) is 0 Å². The van der Waals surface area contributed by atoms with E-state index in [4.69, 9.17) is 17.2 Å². The number of hydrogen-bond donors (Lipinski definition) is 4. The van der Waals surface area contributed by atoms with E-state index in [1.165, 1.54) is 7.05 Å². The highest BCUT2D eigenvalue weighted by Gasteiger charge is 2.19. The molecule has 8 nitrogen and oxygen atoms in total. The van der Waals surface area contributed by atoms with Gasteiger partial charge in [-0.15, -0.1) is 0 Å². The summed E-state index contributed by atoms with van der Waals surface area (Å²) in [5.41, 5.74) is 15.7. The van der Waals surface area contributed by atoms with E-state index < -0.39 is 5.82 Å². The predicted octanol–water partition coefficient (Wildman–Crippen LogP) is -2.26. The second-order valence-corrected chi connectivity index (χ2v) is 2.34. The topological polar surface area (TPSA) is 144 Å². The number of nitrogens with zero attached hydrogens (tertiary/aromatic N) is 2. The van der Waals surface area contributed by atoms with Gasteiger partial charge >= 0.3 is 0 Å². The number of nitrogens with one attached hydrogen (secondary N) is 1. The van der Waals surface area contributed by atoms with Crippen LogP contribution in [0, 0.1) is 10.4 Å². The van der Waals surface area contributed by atoms with Crippen LogP contribution in [0.25, 0.3) is 0 Å². The molecule has 0 aliphatic rings. The molecule has 8 heteroatoms. The fourth-order valence-corrected chi connectivity index (χ4v) is 0.888. The maximum atomic E-state index is 11.2. The SMILES string of the molecule is CNc1c(N)[n+]([O-])c(N)c(N)[n+]1[O-]. The van der Waals surface area contributed by atoms with Crippen molar-refractivity contribution in [3.05, 3.63) is 10.4 Å². The lowest BCUT2D eigenvalue weighted by Gasteiger charge is -2.17. The molecule has 13 heavy (non-hydrogen) atoms. The molecule has 0 fully saturated rings. The lowest BCUT2D eigenvalue weighted by atomic mass is 10.5. The summed E-state index contributed by atoms with van der Waals surface area (Å²) >= 11 is 0. The van der Waals surface area contributed by atoms with Gasteiger partial charge < -0.3 is 32.9 Å². The lowest BCUT2D eigenvalue weighted by Crippen LogP contribution is -2.46. The first kappa shape index (κ1) is 8.97. The Kier molecular flexibility index (Phi) is 1.89. The molecule has 1 aromatic heterocycles. The summed E-state index contributed by atoms with van der Waals surface area (Å²) in [6.07, 6.45) is 0. The Morgan fingerprint density at radius 1 is 1.00 bits per heavy atom. The van der Waals surface area contributed by atoms with Gasteiger partial charge in [-0.1, -0.05) is 0 Å². The molecule has 0 bridgehead atoms. The molecular formula is C5H10N6O2. The molecule has 0 amide bonds. The van der Waals surface area contributed by atoms with Gasteiger partial charge in [-0.2, -0.15) is 0 Å².